The fourth-order valence-corrected chi connectivity index (χ4v) is 2.63. The maximum absolute atomic E-state index is 10.9. The van der Waals surface area contributed by atoms with Gasteiger partial charge in [-0.3, -0.25) is 4.79 Å². The minimum atomic E-state index is 0.654. The van der Waals surface area contributed by atoms with Crippen LogP contribution in [0.3, 0.4) is 0 Å². The SMILES string of the molecule is [B]c1ccc(N(c2ccc(Br)cc2)c2ccc(C=O)cc2)cc1. The first-order chi connectivity index (χ1) is 11.2. The molecule has 0 fully saturated rings. The van der Waals surface area contributed by atoms with Crippen LogP contribution in [0.2, 0.25) is 0 Å². The number of anilines is 3. The first kappa shape index (κ1) is 15.6. The van der Waals surface area contributed by atoms with Gasteiger partial charge in [0.25, 0.3) is 0 Å². The van der Waals surface area contributed by atoms with E-state index in [4.69, 9.17) is 7.85 Å². The molecule has 110 valence electrons. The van der Waals surface area contributed by atoms with Gasteiger partial charge in [0.1, 0.15) is 14.1 Å². The van der Waals surface area contributed by atoms with Crippen molar-refractivity contribution in [1.29, 1.82) is 0 Å². The van der Waals surface area contributed by atoms with E-state index >= 15 is 0 Å². The highest BCUT2D eigenvalue weighted by Gasteiger charge is 2.12. The van der Waals surface area contributed by atoms with Crippen molar-refractivity contribution in [1.82, 2.24) is 0 Å². The molecule has 0 N–H and O–H groups in total. The van der Waals surface area contributed by atoms with Gasteiger partial charge in [0.05, 0.1) is 0 Å². The van der Waals surface area contributed by atoms with E-state index in [1.807, 2.05) is 72.8 Å². The Morgan fingerprint density at radius 1 is 0.739 bits per heavy atom. The normalized spacial score (nSPS) is 10.3. The summed E-state index contributed by atoms with van der Waals surface area (Å²) in [5.74, 6) is 0. The molecule has 0 amide bonds. The van der Waals surface area contributed by atoms with Gasteiger partial charge >= 0.3 is 0 Å². The lowest BCUT2D eigenvalue weighted by Gasteiger charge is -2.25. The van der Waals surface area contributed by atoms with Crippen LogP contribution in [0.25, 0.3) is 0 Å². The van der Waals surface area contributed by atoms with Gasteiger partial charge < -0.3 is 4.90 Å². The fourth-order valence-electron chi connectivity index (χ4n) is 2.36. The summed E-state index contributed by atoms with van der Waals surface area (Å²) in [6, 6.07) is 23.3. The van der Waals surface area contributed by atoms with Crippen LogP contribution in [-0.4, -0.2) is 14.1 Å². The van der Waals surface area contributed by atoms with Gasteiger partial charge in [-0.05, 0) is 60.7 Å². The van der Waals surface area contributed by atoms with Crippen molar-refractivity contribution in [3.05, 3.63) is 82.8 Å². The van der Waals surface area contributed by atoms with Gasteiger partial charge in [0.15, 0.2) is 0 Å². The molecule has 3 rings (SSSR count). The number of nitrogens with zero attached hydrogens (tertiary/aromatic N) is 1. The molecular formula is C19H13BBrNO. The van der Waals surface area contributed by atoms with Gasteiger partial charge in [0, 0.05) is 27.1 Å². The molecule has 0 saturated heterocycles. The van der Waals surface area contributed by atoms with Gasteiger partial charge in [-0.1, -0.05) is 33.5 Å². The van der Waals surface area contributed by atoms with Crippen LogP contribution in [0.15, 0.2) is 77.3 Å². The monoisotopic (exact) mass is 361 g/mol. The van der Waals surface area contributed by atoms with Crippen LogP contribution in [0.5, 0.6) is 0 Å². The summed E-state index contributed by atoms with van der Waals surface area (Å²) in [5.41, 5.74) is 4.38. The van der Waals surface area contributed by atoms with Crippen molar-refractivity contribution in [3.63, 3.8) is 0 Å². The van der Waals surface area contributed by atoms with Crippen molar-refractivity contribution < 1.29 is 4.79 Å². The van der Waals surface area contributed by atoms with Crippen LogP contribution in [0, 0.1) is 0 Å². The van der Waals surface area contributed by atoms with E-state index in [-0.39, 0.29) is 0 Å². The highest BCUT2D eigenvalue weighted by Crippen LogP contribution is 2.34. The highest BCUT2D eigenvalue weighted by molar-refractivity contribution is 9.10. The first-order valence-electron chi connectivity index (χ1n) is 7.14. The number of hydrogen-bond donors (Lipinski definition) is 0. The summed E-state index contributed by atoms with van der Waals surface area (Å²) in [4.78, 5) is 13.0. The fraction of sp³-hybridized carbons (Fsp3) is 0. The molecule has 0 saturated carbocycles. The third-order valence-electron chi connectivity index (χ3n) is 3.52. The molecule has 3 aromatic carbocycles. The lowest BCUT2D eigenvalue weighted by atomic mass is 9.96. The second-order valence-electron chi connectivity index (χ2n) is 5.11. The number of carbonyl (C=O) groups excluding carboxylic acids is 1. The van der Waals surface area contributed by atoms with E-state index in [1.54, 1.807) is 0 Å². The Hall–Kier alpha value is -2.33. The highest BCUT2D eigenvalue weighted by atomic mass is 79.9. The number of carbonyl (C=O) groups is 1. The molecule has 23 heavy (non-hydrogen) atoms. The Labute approximate surface area is 145 Å². The third kappa shape index (κ3) is 3.54. The Kier molecular flexibility index (Phi) is 4.63. The molecule has 0 atom stereocenters. The zero-order chi connectivity index (χ0) is 16.2. The quantitative estimate of drug-likeness (QED) is 0.502. The molecule has 2 radical (unpaired) electrons. The second kappa shape index (κ2) is 6.84. The molecule has 2 nitrogen and oxygen atoms in total. The molecule has 3 aromatic rings. The molecule has 0 bridgehead atoms. The van der Waals surface area contributed by atoms with Crippen LogP contribution in [0.1, 0.15) is 10.4 Å². The van der Waals surface area contributed by atoms with Crippen LogP contribution >= 0.6 is 15.9 Å². The molecule has 0 aromatic heterocycles. The molecule has 0 heterocycles. The van der Waals surface area contributed by atoms with Crippen LogP contribution < -0.4 is 10.4 Å². The molecule has 4 heteroatoms. The molecular weight excluding hydrogens is 349 g/mol. The molecule has 0 spiro atoms. The van der Waals surface area contributed by atoms with Crippen molar-refractivity contribution >= 4 is 52.6 Å². The topological polar surface area (TPSA) is 20.3 Å². The number of halogens is 1. The Balaban J connectivity index is 2.10. The van der Waals surface area contributed by atoms with E-state index in [2.05, 4.69) is 20.8 Å². The molecule has 0 unspecified atom stereocenters. The van der Waals surface area contributed by atoms with E-state index in [9.17, 15) is 4.79 Å². The van der Waals surface area contributed by atoms with Gasteiger partial charge in [-0.15, -0.1) is 0 Å². The summed E-state index contributed by atoms with van der Waals surface area (Å²) < 4.78 is 1.02. The van der Waals surface area contributed by atoms with E-state index in [0.29, 0.717) is 5.56 Å². The largest absolute Gasteiger partial charge is 0.311 e. The van der Waals surface area contributed by atoms with Gasteiger partial charge in [0.2, 0.25) is 0 Å². The maximum Gasteiger partial charge on any atom is 0.150 e. The number of benzene rings is 3. The van der Waals surface area contributed by atoms with Crippen molar-refractivity contribution in [2.45, 2.75) is 0 Å². The number of aldehydes is 1. The van der Waals surface area contributed by atoms with Gasteiger partial charge in [-0.2, -0.15) is 0 Å². The standard InChI is InChI=1S/C19H13BBrNO/c20-15-3-9-18(10-4-15)22(19-11-5-16(21)6-12-19)17-7-1-14(13-23)2-8-17/h1-13H. The average molecular weight is 362 g/mol. The van der Waals surface area contributed by atoms with Gasteiger partial charge in [-0.25, -0.2) is 0 Å². The maximum atomic E-state index is 10.9. The zero-order valence-electron chi connectivity index (χ0n) is 12.3. The number of hydrogen-bond acceptors (Lipinski definition) is 2. The van der Waals surface area contributed by atoms with Crippen molar-refractivity contribution in [2.24, 2.45) is 0 Å². The predicted octanol–water partition coefficient (Wildman–Crippen LogP) is 4.53. The summed E-state index contributed by atoms with van der Waals surface area (Å²) in [5, 5.41) is 0. The second-order valence-corrected chi connectivity index (χ2v) is 6.03. The molecule has 0 aliphatic rings. The zero-order valence-corrected chi connectivity index (χ0v) is 13.9. The number of rotatable bonds is 4. The smallest absolute Gasteiger partial charge is 0.150 e. The predicted molar refractivity (Wildman–Crippen MR) is 99.6 cm³/mol. The Bertz CT molecular complexity index is 753. The average Bonchev–Trinajstić information content (AvgIpc) is 2.59. The minimum Gasteiger partial charge on any atom is -0.311 e. The van der Waals surface area contributed by atoms with E-state index in [0.717, 1.165) is 33.3 Å². The Morgan fingerprint density at radius 2 is 1.17 bits per heavy atom. The summed E-state index contributed by atoms with van der Waals surface area (Å²) in [6.07, 6.45) is 0.844. The van der Waals surface area contributed by atoms with Crippen LogP contribution in [-0.2, 0) is 0 Å². The minimum absolute atomic E-state index is 0.654. The first-order valence-corrected chi connectivity index (χ1v) is 7.93. The summed E-state index contributed by atoms with van der Waals surface area (Å²) >= 11 is 3.46. The lowest BCUT2D eigenvalue weighted by molar-refractivity contribution is 0.112. The molecule has 0 aliphatic heterocycles. The molecule has 0 aliphatic carbocycles. The van der Waals surface area contributed by atoms with E-state index in [1.165, 1.54) is 0 Å². The summed E-state index contributed by atoms with van der Waals surface area (Å²) in [7, 11) is 5.80. The van der Waals surface area contributed by atoms with Crippen LogP contribution in [0.4, 0.5) is 17.1 Å². The van der Waals surface area contributed by atoms with Crippen molar-refractivity contribution in [3.8, 4) is 0 Å². The van der Waals surface area contributed by atoms with Crippen molar-refractivity contribution in [2.75, 3.05) is 4.90 Å². The Morgan fingerprint density at radius 3 is 1.65 bits per heavy atom. The summed E-state index contributed by atoms with van der Waals surface area (Å²) in [6.45, 7) is 0. The lowest BCUT2D eigenvalue weighted by Crippen LogP contribution is -2.11. The van der Waals surface area contributed by atoms with E-state index < -0.39 is 0 Å². The third-order valence-corrected chi connectivity index (χ3v) is 4.05.